The fourth-order valence-electron chi connectivity index (χ4n) is 3.86. The van der Waals surface area contributed by atoms with Crippen molar-refractivity contribution in [3.8, 4) is 17.0 Å². The van der Waals surface area contributed by atoms with Gasteiger partial charge in [-0.2, -0.15) is 13.2 Å². The molecular formula is C20H18F5N5O2. The lowest BCUT2D eigenvalue weighted by Crippen LogP contribution is -2.45. The highest BCUT2D eigenvalue weighted by atomic mass is 19.4. The fraction of sp³-hybridized carbons (Fsp3) is 0.350. The van der Waals surface area contributed by atoms with Crippen LogP contribution in [0.25, 0.3) is 16.8 Å². The zero-order chi connectivity index (χ0) is 23.0. The zero-order valence-corrected chi connectivity index (χ0v) is 16.7. The van der Waals surface area contributed by atoms with Crippen LogP contribution in [0, 0.1) is 5.82 Å². The third-order valence-corrected chi connectivity index (χ3v) is 5.19. The summed E-state index contributed by atoms with van der Waals surface area (Å²) < 4.78 is 73.9. The third-order valence-electron chi connectivity index (χ3n) is 5.19. The standard InChI is InChI=1S/C20H18F5N5O2/c1-29-8-12(21)7-13(9-29)26-19-28-27-17(18-15(22)4-5-30(18)19)14-3-2-11(20(23,24)25)6-16(14)32-10-31/h2-6,10,12-13H,7-9H2,1H3,(H,26,28)/t12-,13-/m1/s1. The molecule has 0 aliphatic carbocycles. The number of nitrogens with zero attached hydrogens (tertiary/aromatic N) is 4. The number of halogens is 5. The van der Waals surface area contributed by atoms with Crippen molar-refractivity contribution in [3.63, 3.8) is 0 Å². The monoisotopic (exact) mass is 455 g/mol. The molecule has 0 unspecified atom stereocenters. The van der Waals surface area contributed by atoms with Crippen molar-refractivity contribution in [2.45, 2.75) is 24.8 Å². The van der Waals surface area contributed by atoms with Crippen molar-refractivity contribution in [1.29, 1.82) is 0 Å². The number of rotatable bonds is 5. The van der Waals surface area contributed by atoms with E-state index < -0.39 is 29.5 Å². The maximum absolute atomic E-state index is 14.7. The van der Waals surface area contributed by atoms with E-state index >= 15 is 0 Å². The van der Waals surface area contributed by atoms with Crippen molar-refractivity contribution in [2.75, 3.05) is 25.5 Å². The Morgan fingerprint density at radius 2 is 2.00 bits per heavy atom. The van der Waals surface area contributed by atoms with Crippen LogP contribution in [-0.4, -0.2) is 58.3 Å². The van der Waals surface area contributed by atoms with Gasteiger partial charge in [-0.1, -0.05) is 0 Å². The van der Waals surface area contributed by atoms with Crippen LogP contribution in [0.15, 0.2) is 30.5 Å². The van der Waals surface area contributed by atoms with Crippen LogP contribution in [0.2, 0.25) is 0 Å². The average molecular weight is 455 g/mol. The first-order valence-corrected chi connectivity index (χ1v) is 9.61. The Morgan fingerprint density at radius 3 is 2.69 bits per heavy atom. The first kappa shape index (κ1) is 21.9. The van der Waals surface area contributed by atoms with E-state index in [1.165, 1.54) is 10.6 Å². The van der Waals surface area contributed by atoms with Gasteiger partial charge in [0.2, 0.25) is 5.95 Å². The van der Waals surface area contributed by atoms with Gasteiger partial charge in [0.25, 0.3) is 6.47 Å². The second-order valence-electron chi connectivity index (χ2n) is 7.57. The van der Waals surface area contributed by atoms with Crippen molar-refractivity contribution in [2.24, 2.45) is 0 Å². The summed E-state index contributed by atoms with van der Waals surface area (Å²) in [6, 6.07) is 3.28. The number of piperidine rings is 1. The molecule has 1 aliphatic rings. The van der Waals surface area contributed by atoms with E-state index in [-0.39, 0.29) is 41.7 Å². The molecular weight excluding hydrogens is 437 g/mol. The van der Waals surface area contributed by atoms with Gasteiger partial charge in [-0.05, 0) is 31.3 Å². The number of alkyl halides is 4. The molecule has 0 saturated carbocycles. The average Bonchev–Trinajstić information content (AvgIpc) is 3.10. The van der Waals surface area contributed by atoms with E-state index in [0.717, 1.165) is 18.2 Å². The topological polar surface area (TPSA) is 71.8 Å². The number of hydrogen-bond acceptors (Lipinski definition) is 6. The molecule has 7 nitrogen and oxygen atoms in total. The number of fused-ring (bicyclic) bond motifs is 1. The number of benzene rings is 1. The summed E-state index contributed by atoms with van der Waals surface area (Å²) in [6.07, 6.45) is -4.11. The molecule has 4 rings (SSSR count). The van der Waals surface area contributed by atoms with Gasteiger partial charge in [-0.15, -0.1) is 10.2 Å². The number of hydrogen-bond donors (Lipinski definition) is 1. The number of carbonyl (C=O) groups excluding carboxylic acids is 1. The molecule has 1 N–H and O–H groups in total. The quantitative estimate of drug-likeness (QED) is 0.469. The second kappa shape index (κ2) is 8.34. The number of anilines is 1. The van der Waals surface area contributed by atoms with Crippen LogP contribution >= 0.6 is 0 Å². The van der Waals surface area contributed by atoms with E-state index in [1.54, 1.807) is 7.05 Å². The Balaban J connectivity index is 1.78. The maximum Gasteiger partial charge on any atom is 0.416 e. The van der Waals surface area contributed by atoms with Crippen LogP contribution in [0.3, 0.4) is 0 Å². The van der Waals surface area contributed by atoms with Gasteiger partial charge in [0.15, 0.2) is 5.82 Å². The van der Waals surface area contributed by atoms with Crippen LogP contribution in [0.5, 0.6) is 5.75 Å². The maximum atomic E-state index is 14.7. The molecule has 2 aromatic heterocycles. The number of aromatic nitrogens is 3. The highest BCUT2D eigenvalue weighted by molar-refractivity contribution is 5.82. The number of nitrogens with one attached hydrogen (secondary N) is 1. The third kappa shape index (κ3) is 4.22. The number of carbonyl (C=O) groups is 1. The van der Waals surface area contributed by atoms with Crippen LogP contribution in [0.1, 0.15) is 12.0 Å². The summed E-state index contributed by atoms with van der Waals surface area (Å²) in [6.45, 7) is 0.816. The van der Waals surface area contributed by atoms with Gasteiger partial charge >= 0.3 is 6.18 Å². The summed E-state index contributed by atoms with van der Waals surface area (Å²) in [5.74, 6) is -1.01. The summed E-state index contributed by atoms with van der Waals surface area (Å²) >= 11 is 0. The predicted octanol–water partition coefficient (Wildman–Crippen LogP) is 3.54. The Labute approximate surface area is 178 Å². The minimum absolute atomic E-state index is 0.0268. The first-order valence-electron chi connectivity index (χ1n) is 9.61. The molecule has 1 fully saturated rings. The predicted molar refractivity (Wildman–Crippen MR) is 104 cm³/mol. The van der Waals surface area contributed by atoms with Crippen molar-refractivity contribution < 1.29 is 31.5 Å². The van der Waals surface area contributed by atoms with Gasteiger partial charge in [0.05, 0.1) is 5.56 Å². The van der Waals surface area contributed by atoms with E-state index in [1.807, 2.05) is 4.90 Å². The van der Waals surface area contributed by atoms with Gasteiger partial charge in [0, 0.05) is 37.3 Å². The van der Waals surface area contributed by atoms with Crippen molar-refractivity contribution in [3.05, 3.63) is 41.8 Å². The van der Waals surface area contributed by atoms with Crippen molar-refractivity contribution >= 4 is 17.9 Å². The molecule has 3 aromatic rings. The van der Waals surface area contributed by atoms with Gasteiger partial charge < -0.3 is 15.0 Å². The SMILES string of the molecule is CN1C[C@H](F)C[C@@H](Nc2nnc(-c3ccc(C(F)(F)F)cc3OC=O)c3c(F)ccn23)C1. The summed E-state index contributed by atoms with van der Waals surface area (Å²) in [4.78, 5) is 12.7. The smallest absolute Gasteiger partial charge is 0.416 e. The highest BCUT2D eigenvalue weighted by Crippen LogP contribution is 2.38. The molecule has 12 heteroatoms. The zero-order valence-electron chi connectivity index (χ0n) is 16.7. The molecule has 1 aliphatic heterocycles. The highest BCUT2D eigenvalue weighted by Gasteiger charge is 2.32. The Morgan fingerprint density at radius 1 is 1.22 bits per heavy atom. The molecule has 32 heavy (non-hydrogen) atoms. The second-order valence-corrected chi connectivity index (χ2v) is 7.57. The normalized spacial score (nSPS) is 19.8. The van der Waals surface area contributed by atoms with Crippen LogP contribution in [0.4, 0.5) is 27.9 Å². The Hall–Kier alpha value is -3.28. The van der Waals surface area contributed by atoms with Crippen LogP contribution in [-0.2, 0) is 11.0 Å². The van der Waals surface area contributed by atoms with Gasteiger partial charge in [-0.25, -0.2) is 8.78 Å². The lowest BCUT2D eigenvalue weighted by Gasteiger charge is -2.32. The summed E-state index contributed by atoms with van der Waals surface area (Å²) in [5, 5.41) is 11.1. The first-order chi connectivity index (χ1) is 15.2. The molecule has 2 atom stereocenters. The van der Waals surface area contributed by atoms with Crippen molar-refractivity contribution in [1.82, 2.24) is 19.5 Å². The molecule has 3 heterocycles. The molecule has 0 bridgehead atoms. The van der Waals surface area contributed by atoms with E-state index in [0.29, 0.717) is 19.2 Å². The lowest BCUT2D eigenvalue weighted by atomic mass is 10.1. The fourth-order valence-corrected chi connectivity index (χ4v) is 3.86. The molecule has 170 valence electrons. The summed E-state index contributed by atoms with van der Waals surface area (Å²) in [5.41, 5.74) is -1.29. The van der Waals surface area contributed by atoms with E-state index in [2.05, 4.69) is 15.5 Å². The number of ether oxygens (including phenoxy) is 1. The number of likely N-dealkylation sites (tertiary alicyclic amines) is 1. The Kier molecular flexibility index (Phi) is 5.71. The van der Waals surface area contributed by atoms with Gasteiger partial charge in [0.1, 0.15) is 23.1 Å². The lowest BCUT2D eigenvalue weighted by molar-refractivity contribution is -0.138. The van der Waals surface area contributed by atoms with E-state index in [4.69, 9.17) is 4.74 Å². The molecule has 1 aromatic carbocycles. The molecule has 1 saturated heterocycles. The minimum atomic E-state index is -4.67. The van der Waals surface area contributed by atoms with Gasteiger partial charge in [-0.3, -0.25) is 9.20 Å². The van der Waals surface area contributed by atoms with Crippen LogP contribution < -0.4 is 10.1 Å². The minimum Gasteiger partial charge on any atom is -0.428 e. The number of likely N-dealkylation sites (N-methyl/N-ethyl adjacent to an activating group) is 1. The summed E-state index contributed by atoms with van der Waals surface area (Å²) in [7, 11) is 1.78. The largest absolute Gasteiger partial charge is 0.428 e. The Bertz CT molecular complexity index is 1140. The molecule has 0 spiro atoms. The molecule has 0 radical (unpaired) electrons. The van der Waals surface area contributed by atoms with E-state index in [9.17, 15) is 26.7 Å². The molecule has 0 amide bonds.